The Labute approximate surface area is 99.5 Å². The predicted octanol–water partition coefficient (Wildman–Crippen LogP) is 3.88. The summed E-state index contributed by atoms with van der Waals surface area (Å²) in [4.78, 5) is 4.36. The summed E-state index contributed by atoms with van der Waals surface area (Å²) in [7, 11) is 1.94. The molecule has 1 N–H and O–H groups in total. The highest BCUT2D eigenvalue weighted by molar-refractivity contribution is 5.43. The Bertz CT molecular complexity index is 291. The molecule has 16 heavy (non-hydrogen) atoms. The van der Waals surface area contributed by atoms with Crippen molar-refractivity contribution in [3.8, 4) is 0 Å². The molecule has 0 aliphatic rings. The molecular formula is C14H24N2. The zero-order valence-electron chi connectivity index (χ0n) is 10.8. The molecule has 90 valence electrons. The lowest BCUT2D eigenvalue weighted by molar-refractivity contribution is 0.438. The maximum absolute atomic E-state index is 4.36. The van der Waals surface area contributed by atoms with Gasteiger partial charge in [0.15, 0.2) is 0 Å². The molecular weight excluding hydrogens is 196 g/mol. The van der Waals surface area contributed by atoms with E-state index in [0.29, 0.717) is 0 Å². The van der Waals surface area contributed by atoms with Gasteiger partial charge < -0.3 is 5.32 Å². The highest BCUT2D eigenvalue weighted by Crippen LogP contribution is 2.22. The Kier molecular flexibility index (Phi) is 5.91. The van der Waals surface area contributed by atoms with Crippen LogP contribution in [0.15, 0.2) is 18.3 Å². The van der Waals surface area contributed by atoms with Crippen LogP contribution in [0, 0.1) is 5.92 Å². The number of nitrogens with one attached hydrogen (secondary N) is 1. The third kappa shape index (κ3) is 3.84. The van der Waals surface area contributed by atoms with E-state index >= 15 is 0 Å². The van der Waals surface area contributed by atoms with E-state index in [4.69, 9.17) is 0 Å². The van der Waals surface area contributed by atoms with Crippen molar-refractivity contribution in [3.63, 3.8) is 0 Å². The molecule has 2 nitrogen and oxygen atoms in total. The molecule has 0 unspecified atom stereocenters. The summed E-state index contributed by atoms with van der Waals surface area (Å²) in [6, 6.07) is 4.22. The Balaban J connectivity index is 2.67. The van der Waals surface area contributed by atoms with Gasteiger partial charge in [-0.05, 0) is 24.0 Å². The van der Waals surface area contributed by atoms with Crippen LogP contribution in [0.2, 0.25) is 0 Å². The summed E-state index contributed by atoms with van der Waals surface area (Å²) < 4.78 is 0. The fourth-order valence-corrected chi connectivity index (χ4v) is 2.30. The first-order valence-electron chi connectivity index (χ1n) is 6.43. The van der Waals surface area contributed by atoms with Gasteiger partial charge in [0.25, 0.3) is 0 Å². The van der Waals surface area contributed by atoms with E-state index in [2.05, 4.69) is 30.2 Å². The van der Waals surface area contributed by atoms with E-state index in [0.717, 1.165) is 18.2 Å². The fourth-order valence-electron chi connectivity index (χ4n) is 2.30. The van der Waals surface area contributed by atoms with Crippen LogP contribution < -0.4 is 5.32 Å². The first-order valence-corrected chi connectivity index (χ1v) is 6.43. The second kappa shape index (κ2) is 7.26. The molecule has 1 aromatic rings. The number of anilines is 1. The number of hydrogen-bond acceptors (Lipinski definition) is 2. The molecule has 1 aromatic heterocycles. The van der Waals surface area contributed by atoms with Gasteiger partial charge in [-0.25, -0.2) is 4.98 Å². The van der Waals surface area contributed by atoms with Crippen molar-refractivity contribution in [2.75, 3.05) is 12.4 Å². The zero-order chi connectivity index (χ0) is 11.8. The number of nitrogens with zero attached hydrogens (tertiary/aromatic N) is 1. The van der Waals surface area contributed by atoms with Gasteiger partial charge in [0, 0.05) is 13.2 Å². The van der Waals surface area contributed by atoms with E-state index in [1.807, 2.05) is 19.3 Å². The maximum atomic E-state index is 4.36. The lowest BCUT2D eigenvalue weighted by Gasteiger charge is -2.16. The molecule has 0 saturated heterocycles. The molecule has 0 saturated carbocycles. The molecule has 0 atom stereocenters. The van der Waals surface area contributed by atoms with Crippen LogP contribution >= 0.6 is 0 Å². The van der Waals surface area contributed by atoms with Gasteiger partial charge in [-0.1, -0.05) is 45.6 Å². The molecule has 0 amide bonds. The number of pyridine rings is 1. The van der Waals surface area contributed by atoms with Crippen molar-refractivity contribution in [2.45, 2.75) is 46.0 Å². The summed E-state index contributed by atoms with van der Waals surface area (Å²) >= 11 is 0. The smallest absolute Gasteiger partial charge is 0.128 e. The third-order valence-electron chi connectivity index (χ3n) is 3.03. The van der Waals surface area contributed by atoms with Crippen LogP contribution in [0.25, 0.3) is 0 Å². The van der Waals surface area contributed by atoms with Gasteiger partial charge in [-0.3, -0.25) is 0 Å². The van der Waals surface area contributed by atoms with Gasteiger partial charge in [0.2, 0.25) is 0 Å². The average Bonchev–Trinajstić information content (AvgIpc) is 2.30. The highest BCUT2D eigenvalue weighted by Gasteiger charge is 2.10. The van der Waals surface area contributed by atoms with Gasteiger partial charge in [0.05, 0.1) is 0 Å². The Hall–Kier alpha value is -1.05. The van der Waals surface area contributed by atoms with Gasteiger partial charge in [-0.2, -0.15) is 0 Å². The second-order valence-electron chi connectivity index (χ2n) is 4.41. The molecule has 0 spiro atoms. The standard InChI is InChI=1S/C14H24N2/c1-4-7-12(8-5-2)11-13-9-6-10-16-14(13)15-3/h6,9-10,12H,4-5,7-8,11H2,1-3H3,(H,15,16). The van der Waals surface area contributed by atoms with Crippen LogP contribution in [0.1, 0.15) is 45.1 Å². The van der Waals surface area contributed by atoms with E-state index < -0.39 is 0 Å². The fraction of sp³-hybridized carbons (Fsp3) is 0.643. The van der Waals surface area contributed by atoms with Crippen molar-refractivity contribution in [1.29, 1.82) is 0 Å². The first kappa shape index (κ1) is 13.0. The lowest BCUT2D eigenvalue weighted by atomic mass is 9.91. The van der Waals surface area contributed by atoms with Crippen molar-refractivity contribution in [2.24, 2.45) is 5.92 Å². The summed E-state index contributed by atoms with van der Waals surface area (Å²) in [6.07, 6.45) is 8.22. The van der Waals surface area contributed by atoms with Crippen molar-refractivity contribution < 1.29 is 0 Å². The monoisotopic (exact) mass is 220 g/mol. The number of hydrogen-bond donors (Lipinski definition) is 1. The molecule has 0 aliphatic carbocycles. The van der Waals surface area contributed by atoms with E-state index in [1.54, 1.807) is 0 Å². The summed E-state index contributed by atoms with van der Waals surface area (Å²) in [5.41, 5.74) is 1.36. The zero-order valence-corrected chi connectivity index (χ0v) is 10.8. The van der Waals surface area contributed by atoms with Crippen molar-refractivity contribution in [1.82, 2.24) is 4.98 Å². The van der Waals surface area contributed by atoms with Crippen molar-refractivity contribution in [3.05, 3.63) is 23.9 Å². The Morgan fingerprint density at radius 1 is 1.25 bits per heavy atom. The van der Waals surface area contributed by atoms with Crippen LogP contribution in [0.3, 0.4) is 0 Å². The summed E-state index contributed by atoms with van der Waals surface area (Å²) in [5, 5.41) is 3.17. The topological polar surface area (TPSA) is 24.9 Å². The SMILES string of the molecule is CCCC(CCC)Cc1cccnc1NC. The van der Waals surface area contributed by atoms with Gasteiger partial charge in [0.1, 0.15) is 5.82 Å². The molecule has 0 bridgehead atoms. The van der Waals surface area contributed by atoms with Crippen LogP contribution in [-0.2, 0) is 6.42 Å². The molecule has 0 aliphatic heterocycles. The lowest BCUT2D eigenvalue weighted by Crippen LogP contribution is -2.07. The Morgan fingerprint density at radius 2 is 1.94 bits per heavy atom. The first-order chi connectivity index (χ1) is 7.81. The molecule has 2 heteroatoms. The minimum Gasteiger partial charge on any atom is -0.373 e. The largest absolute Gasteiger partial charge is 0.373 e. The number of aromatic nitrogens is 1. The van der Waals surface area contributed by atoms with Crippen LogP contribution in [0.5, 0.6) is 0 Å². The Morgan fingerprint density at radius 3 is 2.50 bits per heavy atom. The van der Waals surface area contributed by atoms with Gasteiger partial charge in [-0.15, -0.1) is 0 Å². The minimum atomic E-state index is 0.811. The highest BCUT2D eigenvalue weighted by atomic mass is 15.0. The molecule has 1 heterocycles. The summed E-state index contributed by atoms with van der Waals surface area (Å²) in [6.45, 7) is 4.54. The quantitative estimate of drug-likeness (QED) is 0.754. The molecule has 0 aromatic carbocycles. The van der Waals surface area contributed by atoms with Crippen LogP contribution in [-0.4, -0.2) is 12.0 Å². The minimum absolute atomic E-state index is 0.811. The molecule has 0 radical (unpaired) electrons. The maximum Gasteiger partial charge on any atom is 0.128 e. The van der Waals surface area contributed by atoms with Crippen LogP contribution in [0.4, 0.5) is 5.82 Å². The molecule has 1 rings (SSSR count). The molecule has 0 fully saturated rings. The second-order valence-corrected chi connectivity index (χ2v) is 4.41. The summed E-state index contributed by atoms with van der Waals surface area (Å²) in [5.74, 6) is 1.85. The van der Waals surface area contributed by atoms with Crippen molar-refractivity contribution >= 4 is 5.82 Å². The average molecular weight is 220 g/mol. The normalized spacial score (nSPS) is 10.8. The predicted molar refractivity (Wildman–Crippen MR) is 70.8 cm³/mol. The van der Waals surface area contributed by atoms with E-state index in [1.165, 1.54) is 31.2 Å². The third-order valence-corrected chi connectivity index (χ3v) is 3.03. The van der Waals surface area contributed by atoms with E-state index in [-0.39, 0.29) is 0 Å². The van der Waals surface area contributed by atoms with Gasteiger partial charge >= 0.3 is 0 Å². The number of rotatable bonds is 7. The van der Waals surface area contributed by atoms with E-state index in [9.17, 15) is 0 Å².